The molecule has 4 unspecified atom stereocenters. The van der Waals surface area contributed by atoms with E-state index in [-0.39, 0.29) is 6.01 Å². The van der Waals surface area contributed by atoms with Crippen LogP contribution in [0.3, 0.4) is 0 Å². The number of imidazole rings is 1. The average Bonchev–Trinajstić information content (AvgIpc) is 3.29. The fourth-order valence-corrected chi connectivity index (χ4v) is 3.27. The normalized spacial score (nSPS) is 24.1. The lowest BCUT2D eigenvalue weighted by Gasteiger charge is -2.17. The molecule has 1 saturated heterocycles. The topological polar surface area (TPSA) is 135 Å². The van der Waals surface area contributed by atoms with Gasteiger partial charge in [-0.3, -0.25) is 4.57 Å². The van der Waals surface area contributed by atoms with Crippen LogP contribution in [0, 0.1) is 0 Å². The van der Waals surface area contributed by atoms with Crippen LogP contribution in [0.2, 0.25) is 0 Å². The second-order valence-electron chi connectivity index (χ2n) is 6.71. The van der Waals surface area contributed by atoms with Gasteiger partial charge < -0.3 is 30.1 Å². The predicted molar refractivity (Wildman–Crippen MR) is 103 cm³/mol. The van der Waals surface area contributed by atoms with Crippen molar-refractivity contribution < 1.29 is 24.8 Å². The lowest BCUT2D eigenvalue weighted by atomic mass is 10.1. The van der Waals surface area contributed by atoms with Crippen LogP contribution in [0.1, 0.15) is 18.7 Å². The van der Waals surface area contributed by atoms with E-state index in [1.54, 1.807) is 0 Å². The smallest absolute Gasteiger partial charge is 0.320 e. The molecule has 10 heteroatoms. The summed E-state index contributed by atoms with van der Waals surface area (Å²) in [5.41, 5.74) is 1.84. The van der Waals surface area contributed by atoms with Crippen LogP contribution in [-0.4, -0.2) is 66.3 Å². The molecule has 0 bridgehead atoms. The van der Waals surface area contributed by atoms with E-state index in [0.29, 0.717) is 30.1 Å². The van der Waals surface area contributed by atoms with Crippen LogP contribution >= 0.6 is 0 Å². The molecule has 0 aliphatic carbocycles. The lowest BCUT2D eigenvalue weighted by Crippen LogP contribution is -2.33. The first-order valence-corrected chi connectivity index (χ1v) is 9.40. The van der Waals surface area contributed by atoms with E-state index in [1.165, 1.54) is 10.9 Å². The lowest BCUT2D eigenvalue weighted by molar-refractivity contribution is -0.0511. The molecule has 1 aromatic carbocycles. The summed E-state index contributed by atoms with van der Waals surface area (Å²) < 4.78 is 12.9. The van der Waals surface area contributed by atoms with Crippen LogP contribution in [0.25, 0.3) is 11.2 Å². The fraction of sp³-hybridized carbons (Fsp3) is 0.421. The van der Waals surface area contributed by atoms with Crippen LogP contribution in [0.15, 0.2) is 36.7 Å². The minimum absolute atomic E-state index is 0.144. The molecule has 4 rings (SSSR count). The van der Waals surface area contributed by atoms with E-state index in [9.17, 15) is 15.3 Å². The second-order valence-corrected chi connectivity index (χ2v) is 6.71. The Bertz CT molecular complexity index is 966. The minimum Gasteiger partial charge on any atom is -0.458 e. The molecule has 10 nitrogen and oxygen atoms in total. The Morgan fingerprint density at radius 3 is 2.66 bits per heavy atom. The van der Waals surface area contributed by atoms with Gasteiger partial charge in [0.25, 0.3) is 0 Å². The molecule has 1 aliphatic heterocycles. The van der Waals surface area contributed by atoms with Gasteiger partial charge in [0, 0.05) is 6.54 Å². The predicted octanol–water partition coefficient (Wildman–Crippen LogP) is 0.449. The summed E-state index contributed by atoms with van der Waals surface area (Å²) in [6.45, 7) is 2.43. The van der Waals surface area contributed by atoms with Crippen molar-refractivity contribution in [2.24, 2.45) is 0 Å². The number of aromatic nitrogens is 4. The molecular formula is C19H23N5O5. The third-order valence-corrected chi connectivity index (χ3v) is 4.75. The highest BCUT2D eigenvalue weighted by molar-refractivity contribution is 5.83. The van der Waals surface area contributed by atoms with Gasteiger partial charge in [-0.05, 0) is 12.5 Å². The molecular weight excluding hydrogens is 378 g/mol. The Balaban J connectivity index is 1.68. The van der Waals surface area contributed by atoms with Gasteiger partial charge in [-0.15, -0.1) is 0 Å². The van der Waals surface area contributed by atoms with Gasteiger partial charge in [0.15, 0.2) is 23.2 Å². The van der Waals surface area contributed by atoms with Crippen molar-refractivity contribution in [1.82, 2.24) is 19.5 Å². The molecule has 3 heterocycles. The molecule has 1 aliphatic rings. The number of rotatable bonds is 7. The Morgan fingerprint density at radius 2 is 1.97 bits per heavy atom. The standard InChI is InChI=1S/C19H23N5O5/c1-2-20-16-13-17(23-19(22-16)28-9-11-6-4-3-5-7-11)24(10-21-13)18-15(27)14(26)12(8-25)29-18/h3-7,10,12,14-15,18,25-27H,2,8-9H2,1H3,(H,20,22,23). The zero-order chi connectivity index (χ0) is 20.4. The number of hydrogen-bond acceptors (Lipinski definition) is 9. The Labute approximate surface area is 166 Å². The number of nitrogens with one attached hydrogen (secondary N) is 1. The number of benzene rings is 1. The van der Waals surface area contributed by atoms with E-state index in [0.717, 1.165) is 5.56 Å². The molecule has 0 radical (unpaired) electrons. The number of aliphatic hydroxyl groups excluding tert-OH is 3. The Kier molecular flexibility index (Phi) is 5.58. The van der Waals surface area contributed by atoms with Gasteiger partial charge in [-0.25, -0.2) is 4.98 Å². The molecule has 0 amide bonds. The Morgan fingerprint density at radius 1 is 1.17 bits per heavy atom. The van der Waals surface area contributed by atoms with E-state index in [4.69, 9.17) is 9.47 Å². The van der Waals surface area contributed by atoms with Crippen molar-refractivity contribution in [2.75, 3.05) is 18.5 Å². The summed E-state index contributed by atoms with van der Waals surface area (Å²) in [6.07, 6.45) is -2.83. The van der Waals surface area contributed by atoms with E-state index in [1.807, 2.05) is 37.3 Å². The number of hydrogen-bond donors (Lipinski definition) is 4. The quantitative estimate of drug-likeness (QED) is 0.445. The molecule has 29 heavy (non-hydrogen) atoms. The first kappa shape index (κ1) is 19.5. The molecule has 154 valence electrons. The molecule has 0 spiro atoms. The molecule has 1 fully saturated rings. The van der Waals surface area contributed by atoms with Crippen molar-refractivity contribution in [3.8, 4) is 6.01 Å². The van der Waals surface area contributed by atoms with Gasteiger partial charge in [0.1, 0.15) is 24.9 Å². The summed E-state index contributed by atoms with van der Waals surface area (Å²) in [5.74, 6) is 0.492. The number of fused-ring (bicyclic) bond motifs is 1. The second kappa shape index (κ2) is 8.29. The van der Waals surface area contributed by atoms with Crippen molar-refractivity contribution in [2.45, 2.75) is 38.1 Å². The van der Waals surface area contributed by atoms with Crippen LogP contribution in [0.5, 0.6) is 6.01 Å². The van der Waals surface area contributed by atoms with Crippen molar-refractivity contribution in [3.05, 3.63) is 42.2 Å². The molecule has 0 saturated carbocycles. The first-order chi connectivity index (χ1) is 14.1. The third-order valence-electron chi connectivity index (χ3n) is 4.75. The van der Waals surface area contributed by atoms with Crippen molar-refractivity contribution >= 4 is 17.0 Å². The monoisotopic (exact) mass is 401 g/mol. The van der Waals surface area contributed by atoms with E-state index in [2.05, 4.69) is 20.3 Å². The Hall–Kier alpha value is -2.79. The molecule has 4 atom stereocenters. The maximum Gasteiger partial charge on any atom is 0.320 e. The maximum atomic E-state index is 10.4. The minimum atomic E-state index is -1.24. The number of anilines is 1. The summed E-state index contributed by atoms with van der Waals surface area (Å²) in [7, 11) is 0. The van der Waals surface area contributed by atoms with Gasteiger partial charge in [-0.2, -0.15) is 9.97 Å². The van der Waals surface area contributed by atoms with Gasteiger partial charge in [-0.1, -0.05) is 30.3 Å². The highest BCUT2D eigenvalue weighted by Crippen LogP contribution is 2.33. The average molecular weight is 401 g/mol. The number of ether oxygens (including phenoxy) is 2. The fourth-order valence-electron chi connectivity index (χ4n) is 3.27. The SMILES string of the molecule is CCNc1nc(OCc2ccccc2)nc2c1ncn2C1OC(CO)C(O)C1O. The summed E-state index contributed by atoms with van der Waals surface area (Å²) in [6, 6.07) is 9.79. The van der Waals surface area contributed by atoms with E-state index >= 15 is 0 Å². The van der Waals surface area contributed by atoms with Crippen LogP contribution < -0.4 is 10.1 Å². The summed E-state index contributed by atoms with van der Waals surface area (Å²) >= 11 is 0. The van der Waals surface area contributed by atoms with Gasteiger partial charge in [0.05, 0.1) is 12.9 Å². The number of nitrogens with zero attached hydrogens (tertiary/aromatic N) is 4. The van der Waals surface area contributed by atoms with Crippen LogP contribution in [0.4, 0.5) is 5.82 Å². The first-order valence-electron chi connectivity index (χ1n) is 9.40. The van der Waals surface area contributed by atoms with Gasteiger partial charge in [0.2, 0.25) is 0 Å². The zero-order valence-corrected chi connectivity index (χ0v) is 15.8. The zero-order valence-electron chi connectivity index (χ0n) is 15.8. The molecule has 2 aromatic heterocycles. The molecule has 3 aromatic rings. The maximum absolute atomic E-state index is 10.4. The largest absolute Gasteiger partial charge is 0.458 e. The summed E-state index contributed by atoms with van der Waals surface area (Å²) in [4.78, 5) is 13.2. The highest BCUT2D eigenvalue weighted by atomic mass is 16.6. The van der Waals surface area contributed by atoms with Crippen molar-refractivity contribution in [1.29, 1.82) is 0 Å². The summed E-state index contributed by atoms with van der Waals surface area (Å²) in [5, 5.41) is 32.9. The third kappa shape index (κ3) is 3.75. The number of aliphatic hydroxyl groups is 3. The van der Waals surface area contributed by atoms with Crippen molar-refractivity contribution in [3.63, 3.8) is 0 Å². The highest BCUT2D eigenvalue weighted by Gasteiger charge is 2.44. The van der Waals surface area contributed by atoms with E-state index < -0.39 is 31.1 Å². The van der Waals surface area contributed by atoms with Crippen LogP contribution in [-0.2, 0) is 11.3 Å². The molecule has 4 N–H and O–H groups in total. The van der Waals surface area contributed by atoms with Gasteiger partial charge >= 0.3 is 6.01 Å².